The van der Waals surface area contributed by atoms with Gasteiger partial charge in [0.2, 0.25) is 5.29 Å². The second kappa shape index (κ2) is 2.86. The summed E-state index contributed by atoms with van der Waals surface area (Å²) in [6, 6.07) is 0. The third kappa shape index (κ3) is 2.93. The zero-order chi connectivity index (χ0) is 9.28. The van der Waals surface area contributed by atoms with Crippen molar-refractivity contribution in [1.82, 2.24) is 0 Å². The van der Waals surface area contributed by atoms with E-state index in [4.69, 9.17) is 0 Å². The summed E-state index contributed by atoms with van der Waals surface area (Å²) in [6.07, 6.45) is 0. The molecule has 11 heavy (non-hydrogen) atoms. The van der Waals surface area contributed by atoms with Gasteiger partial charge in [0.25, 0.3) is 0 Å². The molecule has 0 heterocycles. The molecule has 0 bridgehead atoms. The first-order valence-electron chi connectivity index (χ1n) is 1.99. The monoisotopic (exact) mass is 210 g/mol. The Morgan fingerprint density at radius 2 is 1.82 bits per heavy atom. The highest BCUT2D eigenvalue weighted by Gasteiger charge is 2.46. The van der Waals surface area contributed by atoms with Crippen LogP contribution in [0.25, 0.3) is 0 Å². The summed E-state index contributed by atoms with van der Waals surface area (Å²) in [5.74, 6) is 0. The Morgan fingerprint density at radius 3 is 1.91 bits per heavy atom. The van der Waals surface area contributed by atoms with Crippen molar-refractivity contribution < 1.29 is 21.6 Å². The van der Waals surface area contributed by atoms with Gasteiger partial charge >= 0.3 is 15.5 Å². The van der Waals surface area contributed by atoms with Gasteiger partial charge in [-0.3, -0.25) is 0 Å². The summed E-state index contributed by atoms with van der Waals surface area (Å²) < 4.78 is 56.1. The average Bonchev–Trinajstić information content (AvgIpc) is 1.56. The van der Waals surface area contributed by atoms with Crippen LogP contribution in [0.2, 0.25) is 0 Å². The number of alkyl halides is 3. The van der Waals surface area contributed by atoms with Gasteiger partial charge in [0, 0.05) is 0 Å². The van der Waals surface area contributed by atoms with Crippen LogP contribution in [0.3, 0.4) is 0 Å². The van der Waals surface area contributed by atoms with Crippen LogP contribution in [0, 0.1) is 0 Å². The van der Waals surface area contributed by atoms with E-state index in [1.807, 2.05) is 4.40 Å². The number of amidine groups is 1. The molecule has 0 aromatic heterocycles. The van der Waals surface area contributed by atoms with Gasteiger partial charge in [0.15, 0.2) is 0 Å². The molecule has 0 saturated carbocycles. The Bertz CT molecular complexity index is 264. The van der Waals surface area contributed by atoms with E-state index >= 15 is 0 Å². The first-order chi connectivity index (χ1) is 4.67. The first kappa shape index (κ1) is 10.5. The van der Waals surface area contributed by atoms with Gasteiger partial charge in [-0.25, -0.2) is 0 Å². The lowest BCUT2D eigenvalue weighted by atomic mass is 11.4. The molecule has 4 nitrogen and oxygen atoms in total. The quantitative estimate of drug-likeness (QED) is 0.387. The summed E-state index contributed by atoms with van der Waals surface area (Å²) in [5.41, 5.74) is -1.04. The third-order valence-electron chi connectivity index (χ3n) is 0.500. The van der Waals surface area contributed by atoms with Crippen LogP contribution in [0.15, 0.2) is 4.40 Å². The minimum Gasteiger partial charge on any atom is -0.373 e. The highest BCUT2D eigenvalue weighted by atomic mass is 35.5. The number of nitrogens with zero attached hydrogens (tertiary/aromatic N) is 1. The van der Waals surface area contributed by atoms with Crippen LogP contribution >= 0.6 is 11.6 Å². The van der Waals surface area contributed by atoms with Gasteiger partial charge in [-0.15, -0.1) is 4.40 Å². The van der Waals surface area contributed by atoms with Crippen molar-refractivity contribution >= 4 is 26.9 Å². The van der Waals surface area contributed by atoms with Crippen LogP contribution in [-0.2, 0) is 10.0 Å². The predicted molar refractivity (Wildman–Crippen MR) is 32.5 cm³/mol. The molecule has 9 heteroatoms. The van der Waals surface area contributed by atoms with E-state index < -0.39 is 20.8 Å². The molecule has 0 aliphatic rings. The molecule has 2 N–H and O–H groups in total. The zero-order valence-corrected chi connectivity index (χ0v) is 6.33. The van der Waals surface area contributed by atoms with Gasteiger partial charge in [-0.1, -0.05) is 0 Å². The second-order valence-corrected chi connectivity index (χ2v) is 3.32. The van der Waals surface area contributed by atoms with E-state index in [-0.39, 0.29) is 0 Å². The molecule has 0 aliphatic carbocycles. The molecule has 0 aromatic carbocycles. The largest absolute Gasteiger partial charge is 0.518 e. The molecule has 0 amide bonds. The van der Waals surface area contributed by atoms with Crippen molar-refractivity contribution in [1.29, 1.82) is 0 Å². The molecule has 0 saturated heterocycles. The van der Waals surface area contributed by atoms with E-state index in [2.05, 4.69) is 17.3 Å². The summed E-state index contributed by atoms with van der Waals surface area (Å²) in [5, 5.41) is -1.18. The summed E-state index contributed by atoms with van der Waals surface area (Å²) in [7, 11) is -5.57. The van der Waals surface area contributed by atoms with E-state index in [0.29, 0.717) is 0 Å². The van der Waals surface area contributed by atoms with Crippen molar-refractivity contribution in [3.63, 3.8) is 0 Å². The lowest BCUT2D eigenvalue weighted by Crippen LogP contribution is -2.22. The van der Waals surface area contributed by atoms with Gasteiger partial charge in [0.1, 0.15) is 0 Å². The molecular weight excluding hydrogens is 209 g/mol. The standard InChI is InChI=1S/C2H2ClF3N2O2S/c3-1(7)8-11(9,10)2(4,5)6/h(H2,7,8). The molecule has 0 fully saturated rings. The Hall–Kier alpha value is -0.500. The molecular formula is C2H2ClF3N2O2S. The Balaban J connectivity index is 4.95. The molecule has 0 aromatic rings. The van der Waals surface area contributed by atoms with Crippen LogP contribution in [-0.4, -0.2) is 19.2 Å². The van der Waals surface area contributed by atoms with Crippen molar-refractivity contribution in [2.45, 2.75) is 5.51 Å². The van der Waals surface area contributed by atoms with Gasteiger partial charge < -0.3 is 5.73 Å². The summed E-state index contributed by atoms with van der Waals surface area (Å²) >= 11 is 4.62. The minimum atomic E-state index is -5.57. The average molecular weight is 211 g/mol. The number of halogens is 4. The molecule has 0 unspecified atom stereocenters. The Morgan fingerprint density at radius 1 is 1.45 bits per heavy atom. The fraction of sp³-hybridized carbons (Fsp3) is 0.500. The second-order valence-electron chi connectivity index (χ2n) is 1.33. The fourth-order valence-electron chi connectivity index (χ4n) is 0.167. The Kier molecular flexibility index (Phi) is 2.73. The van der Waals surface area contributed by atoms with E-state index in [1.54, 1.807) is 0 Å². The zero-order valence-electron chi connectivity index (χ0n) is 4.76. The lowest BCUT2D eigenvalue weighted by molar-refractivity contribution is -0.0435. The van der Waals surface area contributed by atoms with Gasteiger partial charge in [-0.05, 0) is 11.6 Å². The molecule has 66 valence electrons. The maximum absolute atomic E-state index is 11.4. The number of hydrogen-bond donors (Lipinski definition) is 1. The van der Waals surface area contributed by atoms with Crippen LogP contribution in [0.5, 0.6) is 0 Å². The van der Waals surface area contributed by atoms with Gasteiger partial charge in [-0.2, -0.15) is 21.6 Å². The van der Waals surface area contributed by atoms with E-state index in [9.17, 15) is 21.6 Å². The topological polar surface area (TPSA) is 72.5 Å². The van der Waals surface area contributed by atoms with Gasteiger partial charge in [0.05, 0.1) is 0 Å². The molecule has 0 radical (unpaired) electrons. The number of rotatable bonds is 1. The highest BCUT2D eigenvalue weighted by molar-refractivity contribution is 7.91. The molecule has 0 rings (SSSR count). The summed E-state index contributed by atoms with van der Waals surface area (Å²) in [4.78, 5) is 0. The van der Waals surface area contributed by atoms with Crippen molar-refractivity contribution in [3.05, 3.63) is 0 Å². The maximum Gasteiger partial charge on any atom is 0.518 e. The smallest absolute Gasteiger partial charge is 0.373 e. The van der Waals surface area contributed by atoms with Crippen LogP contribution in [0.4, 0.5) is 13.2 Å². The molecule has 0 aliphatic heterocycles. The fourth-order valence-corrected chi connectivity index (χ4v) is 0.772. The van der Waals surface area contributed by atoms with E-state index in [0.717, 1.165) is 0 Å². The molecule has 0 spiro atoms. The third-order valence-corrected chi connectivity index (χ3v) is 1.71. The lowest BCUT2D eigenvalue weighted by Gasteiger charge is -2.00. The minimum absolute atomic E-state index is 1.18. The highest BCUT2D eigenvalue weighted by Crippen LogP contribution is 2.24. The van der Waals surface area contributed by atoms with E-state index in [1.165, 1.54) is 0 Å². The van der Waals surface area contributed by atoms with Crippen molar-refractivity contribution in [2.24, 2.45) is 10.1 Å². The van der Waals surface area contributed by atoms with Crippen LogP contribution < -0.4 is 5.73 Å². The summed E-state index contributed by atoms with van der Waals surface area (Å²) in [6.45, 7) is 0. The normalized spacial score (nSPS) is 15.1. The van der Waals surface area contributed by atoms with Crippen LogP contribution in [0.1, 0.15) is 0 Å². The number of sulfonamides is 1. The van der Waals surface area contributed by atoms with Crippen molar-refractivity contribution in [3.8, 4) is 0 Å². The SMILES string of the molecule is N/C(Cl)=N/S(=O)(=O)C(F)(F)F. The maximum atomic E-state index is 11.4. The predicted octanol–water partition coefficient (Wildman–Crippen LogP) is 0.390. The first-order valence-corrected chi connectivity index (χ1v) is 3.81. The Labute approximate surface area is 64.9 Å². The molecule has 0 atom stereocenters. The number of hydrogen-bond acceptors (Lipinski definition) is 2. The van der Waals surface area contributed by atoms with Crippen molar-refractivity contribution in [2.75, 3.05) is 0 Å². The number of nitrogens with two attached hydrogens (primary N) is 1.